The molecule has 9 heteroatoms. The summed E-state index contributed by atoms with van der Waals surface area (Å²) in [6.45, 7) is 7.18. The molecular formula is C19H24N4O4S. The normalized spacial score (nSPS) is 11.0. The maximum Gasteiger partial charge on any atom is 0.412 e. The van der Waals surface area contributed by atoms with Crippen molar-refractivity contribution >= 4 is 41.0 Å². The average Bonchev–Trinajstić information content (AvgIpc) is 2.59. The van der Waals surface area contributed by atoms with Crippen molar-refractivity contribution in [3.05, 3.63) is 35.5 Å². The van der Waals surface area contributed by atoms with Crippen molar-refractivity contribution in [2.75, 3.05) is 16.9 Å². The van der Waals surface area contributed by atoms with Crippen LogP contribution in [0.5, 0.6) is 0 Å². The van der Waals surface area contributed by atoms with Gasteiger partial charge in [-0.3, -0.25) is 5.32 Å². The van der Waals surface area contributed by atoms with Crippen molar-refractivity contribution in [3.63, 3.8) is 0 Å². The number of aromatic nitrogens is 2. The summed E-state index contributed by atoms with van der Waals surface area (Å²) in [7, 11) is 0. The number of hydrogen-bond acceptors (Lipinski definition) is 7. The lowest BCUT2D eigenvalue weighted by molar-refractivity contribution is 0.0634. The van der Waals surface area contributed by atoms with Gasteiger partial charge in [0.15, 0.2) is 5.16 Å². The largest absolute Gasteiger partial charge is 0.477 e. The number of hydrogen-bond donors (Lipinski definition) is 3. The molecule has 0 bridgehead atoms. The van der Waals surface area contributed by atoms with Crippen molar-refractivity contribution in [3.8, 4) is 0 Å². The minimum atomic E-state index is -1.10. The summed E-state index contributed by atoms with van der Waals surface area (Å²) < 4.78 is 5.24. The minimum Gasteiger partial charge on any atom is -0.477 e. The summed E-state index contributed by atoms with van der Waals surface area (Å²) in [5.41, 5.74) is 0.959. The van der Waals surface area contributed by atoms with Crippen molar-refractivity contribution in [2.24, 2.45) is 0 Å². The molecule has 0 atom stereocenters. The van der Waals surface area contributed by atoms with E-state index in [1.165, 1.54) is 11.8 Å². The Morgan fingerprint density at radius 1 is 1.21 bits per heavy atom. The molecule has 2 aromatic rings. The van der Waals surface area contributed by atoms with Crippen LogP contribution < -0.4 is 10.6 Å². The SMILES string of the molecule is CCc1nc(SC)nc(Nc2cccc(NC(=O)OC(C)(C)C)c2)c1C(=O)O. The summed E-state index contributed by atoms with van der Waals surface area (Å²) in [6, 6.07) is 6.85. The van der Waals surface area contributed by atoms with Gasteiger partial charge < -0.3 is 15.2 Å². The highest BCUT2D eigenvalue weighted by molar-refractivity contribution is 7.98. The van der Waals surface area contributed by atoms with Crippen molar-refractivity contribution in [1.82, 2.24) is 9.97 Å². The van der Waals surface area contributed by atoms with E-state index >= 15 is 0 Å². The van der Waals surface area contributed by atoms with E-state index in [1.807, 2.05) is 13.2 Å². The van der Waals surface area contributed by atoms with Crippen LogP contribution >= 0.6 is 11.8 Å². The number of anilines is 3. The summed E-state index contributed by atoms with van der Waals surface area (Å²) >= 11 is 1.33. The Bertz CT molecular complexity index is 881. The van der Waals surface area contributed by atoms with Crippen LogP contribution in [-0.2, 0) is 11.2 Å². The third kappa shape index (κ3) is 5.85. The second-order valence-corrected chi connectivity index (χ2v) is 7.65. The maximum atomic E-state index is 12.0. The minimum absolute atomic E-state index is 0.0332. The molecular weight excluding hydrogens is 380 g/mol. The van der Waals surface area contributed by atoms with Gasteiger partial charge in [-0.05, 0) is 51.6 Å². The van der Waals surface area contributed by atoms with E-state index in [-0.39, 0.29) is 11.4 Å². The van der Waals surface area contributed by atoms with Crippen molar-refractivity contribution in [1.29, 1.82) is 0 Å². The van der Waals surface area contributed by atoms with Gasteiger partial charge in [-0.1, -0.05) is 24.8 Å². The second kappa shape index (κ2) is 8.92. The first-order valence-corrected chi connectivity index (χ1v) is 9.90. The van der Waals surface area contributed by atoms with Gasteiger partial charge in [-0.25, -0.2) is 19.6 Å². The number of ether oxygens (including phenoxy) is 1. The number of thioether (sulfide) groups is 1. The van der Waals surface area contributed by atoms with Crippen LogP contribution in [0.1, 0.15) is 43.7 Å². The fraction of sp³-hybridized carbons (Fsp3) is 0.368. The first-order chi connectivity index (χ1) is 13.1. The predicted molar refractivity (Wildman–Crippen MR) is 110 cm³/mol. The Kier molecular flexibility index (Phi) is 6.85. The number of rotatable bonds is 6. The van der Waals surface area contributed by atoms with Crippen molar-refractivity contribution in [2.45, 2.75) is 44.9 Å². The molecule has 1 amide bonds. The fourth-order valence-electron chi connectivity index (χ4n) is 2.38. The van der Waals surface area contributed by atoms with Gasteiger partial charge in [-0.15, -0.1) is 0 Å². The van der Waals surface area contributed by atoms with Crippen LogP contribution in [0.2, 0.25) is 0 Å². The zero-order valence-electron chi connectivity index (χ0n) is 16.5. The third-order valence-electron chi connectivity index (χ3n) is 3.47. The molecule has 0 aliphatic heterocycles. The molecule has 3 N–H and O–H groups in total. The van der Waals surface area contributed by atoms with Crippen LogP contribution in [0.3, 0.4) is 0 Å². The van der Waals surface area contributed by atoms with Gasteiger partial charge in [-0.2, -0.15) is 0 Å². The summed E-state index contributed by atoms with van der Waals surface area (Å²) in [6.07, 6.45) is 1.72. The lowest BCUT2D eigenvalue weighted by Gasteiger charge is -2.20. The van der Waals surface area contributed by atoms with Gasteiger partial charge in [0, 0.05) is 11.4 Å². The molecule has 150 valence electrons. The van der Waals surface area contributed by atoms with E-state index in [9.17, 15) is 14.7 Å². The highest BCUT2D eigenvalue weighted by Crippen LogP contribution is 2.26. The molecule has 0 unspecified atom stereocenters. The van der Waals surface area contributed by atoms with E-state index in [0.717, 1.165) is 0 Å². The first-order valence-electron chi connectivity index (χ1n) is 8.68. The van der Waals surface area contributed by atoms with Gasteiger partial charge in [0.2, 0.25) is 0 Å². The number of carboxylic acids is 1. The lowest BCUT2D eigenvalue weighted by atomic mass is 10.1. The van der Waals surface area contributed by atoms with Gasteiger partial charge in [0.1, 0.15) is 17.0 Å². The van der Waals surface area contributed by atoms with Gasteiger partial charge in [0.05, 0.1) is 5.69 Å². The van der Waals surface area contributed by atoms with Gasteiger partial charge in [0.25, 0.3) is 0 Å². The average molecular weight is 404 g/mol. The Labute approximate surface area is 168 Å². The van der Waals surface area contributed by atoms with E-state index in [1.54, 1.807) is 45.0 Å². The number of carbonyl (C=O) groups is 2. The molecule has 0 saturated carbocycles. The van der Waals surface area contributed by atoms with Crippen LogP contribution in [0.4, 0.5) is 22.0 Å². The van der Waals surface area contributed by atoms with Crippen LogP contribution in [0, 0.1) is 0 Å². The molecule has 8 nitrogen and oxygen atoms in total. The van der Waals surface area contributed by atoms with Crippen LogP contribution in [-0.4, -0.2) is 39.0 Å². The summed E-state index contributed by atoms with van der Waals surface area (Å²) in [5.74, 6) is -0.895. The maximum absolute atomic E-state index is 12.0. The number of benzene rings is 1. The van der Waals surface area contributed by atoms with E-state index in [0.29, 0.717) is 28.6 Å². The van der Waals surface area contributed by atoms with E-state index in [4.69, 9.17) is 4.74 Å². The summed E-state index contributed by atoms with van der Waals surface area (Å²) in [4.78, 5) is 32.3. The number of aryl methyl sites for hydroxylation is 1. The Morgan fingerprint density at radius 3 is 2.46 bits per heavy atom. The quantitative estimate of drug-likeness (QED) is 0.475. The van der Waals surface area contributed by atoms with Crippen LogP contribution in [0.15, 0.2) is 29.4 Å². The molecule has 0 aliphatic rings. The van der Waals surface area contributed by atoms with Gasteiger partial charge >= 0.3 is 12.1 Å². The standard InChI is InChI=1S/C19H24N4O4S/c1-6-13-14(16(24)25)15(23-17(22-13)28-5)20-11-8-7-9-12(10-11)21-18(26)27-19(2,3)4/h7-10H,6H2,1-5H3,(H,21,26)(H,24,25)(H,20,22,23). The highest BCUT2D eigenvalue weighted by atomic mass is 32.2. The highest BCUT2D eigenvalue weighted by Gasteiger charge is 2.20. The number of nitrogens with zero attached hydrogens (tertiary/aromatic N) is 2. The van der Waals surface area contributed by atoms with E-state index in [2.05, 4.69) is 20.6 Å². The molecule has 0 spiro atoms. The number of aromatic carboxylic acids is 1. The molecule has 28 heavy (non-hydrogen) atoms. The molecule has 0 fully saturated rings. The topological polar surface area (TPSA) is 113 Å². The number of amides is 1. The second-order valence-electron chi connectivity index (χ2n) is 6.87. The number of nitrogens with one attached hydrogen (secondary N) is 2. The third-order valence-corrected chi connectivity index (χ3v) is 4.01. The van der Waals surface area contributed by atoms with E-state index < -0.39 is 17.7 Å². The van der Waals surface area contributed by atoms with Crippen molar-refractivity contribution < 1.29 is 19.4 Å². The smallest absolute Gasteiger partial charge is 0.412 e. The zero-order valence-corrected chi connectivity index (χ0v) is 17.3. The molecule has 0 saturated heterocycles. The monoisotopic (exact) mass is 404 g/mol. The first kappa shape index (κ1) is 21.5. The van der Waals surface area contributed by atoms with Crippen LogP contribution in [0.25, 0.3) is 0 Å². The number of carbonyl (C=O) groups excluding carboxylic acids is 1. The Hall–Kier alpha value is -2.81. The fourth-order valence-corrected chi connectivity index (χ4v) is 2.76. The molecule has 2 rings (SSSR count). The predicted octanol–water partition coefficient (Wildman–Crippen LogP) is 4.55. The molecule has 0 aliphatic carbocycles. The Morgan fingerprint density at radius 2 is 1.89 bits per heavy atom. The number of carboxylic acid groups (broad SMARTS) is 1. The lowest BCUT2D eigenvalue weighted by Crippen LogP contribution is -2.27. The molecule has 1 heterocycles. The summed E-state index contributed by atoms with van der Waals surface area (Å²) in [5, 5.41) is 15.8. The molecule has 1 aromatic heterocycles. The molecule has 1 aromatic carbocycles. The Balaban J connectivity index is 2.31. The zero-order chi connectivity index (χ0) is 20.9. The molecule has 0 radical (unpaired) electrons.